The molecule has 0 aliphatic heterocycles. The summed E-state index contributed by atoms with van der Waals surface area (Å²) in [5.41, 5.74) is 1.88. The van der Waals surface area contributed by atoms with Crippen LogP contribution in [0.2, 0.25) is 0 Å². The summed E-state index contributed by atoms with van der Waals surface area (Å²) in [5, 5.41) is 12.8. The Morgan fingerprint density at radius 2 is 1.89 bits per heavy atom. The summed E-state index contributed by atoms with van der Waals surface area (Å²) in [6.07, 6.45) is 7.31. The topological polar surface area (TPSA) is 110 Å². The van der Waals surface area contributed by atoms with Gasteiger partial charge >= 0.3 is 0 Å². The Kier molecular flexibility index (Phi) is 6.65. The Labute approximate surface area is 199 Å². The first kappa shape index (κ1) is 24.1. The summed E-state index contributed by atoms with van der Waals surface area (Å²) in [7, 11) is 0. The maximum atomic E-state index is 13.4. The Morgan fingerprint density at radius 1 is 1.14 bits per heavy atom. The number of aromatic nitrogens is 4. The molecule has 0 aliphatic rings. The first-order valence-corrected chi connectivity index (χ1v) is 10.9. The van der Waals surface area contributed by atoms with Crippen LogP contribution in [0.15, 0.2) is 61.4 Å². The fraction of sp³-hybridized carbons (Fsp3) is 0.240. The van der Waals surface area contributed by atoms with Crippen LogP contribution in [0.25, 0.3) is 11.0 Å². The number of amides is 1. The lowest BCUT2D eigenvalue weighted by Gasteiger charge is -2.11. The van der Waals surface area contributed by atoms with Crippen molar-refractivity contribution < 1.29 is 23.5 Å². The van der Waals surface area contributed by atoms with E-state index in [-0.39, 0.29) is 41.9 Å². The van der Waals surface area contributed by atoms with Gasteiger partial charge in [-0.25, -0.2) is 18.7 Å². The smallest absolute Gasteiger partial charge is 0.270 e. The molecule has 0 spiro atoms. The van der Waals surface area contributed by atoms with E-state index in [1.807, 2.05) is 0 Å². The summed E-state index contributed by atoms with van der Waals surface area (Å²) in [4.78, 5) is 38.1. The van der Waals surface area contributed by atoms with E-state index in [4.69, 9.17) is 0 Å². The molecule has 0 saturated heterocycles. The summed E-state index contributed by atoms with van der Waals surface area (Å²) in [6, 6.07) is 6.76. The lowest BCUT2D eigenvalue weighted by atomic mass is 10.0. The highest BCUT2D eigenvalue weighted by Crippen LogP contribution is 2.27. The van der Waals surface area contributed by atoms with Crippen LogP contribution in [0.3, 0.4) is 0 Å². The summed E-state index contributed by atoms with van der Waals surface area (Å²) >= 11 is 0. The molecule has 0 unspecified atom stereocenters. The maximum absolute atomic E-state index is 13.4. The molecule has 4 rings (SSSR count). The zero-order valence-corrected chi connectivity index (χ0v) is 19.1. The highest BCUT2D eigenvalue weighted by atomic mass is 19.3. The van der Waals surface area contributed by atoms with Gasteiger partial charge < -0.3 is 15.0 Å². The van der Waals surface area contributed by atoms with E-state index >= 15 is 0 Å². The second kappa shape index (κ2) is 9.67. The zero-order chi connectivity index (χ0) is 25.2. The van der Waals surface area contributed by atoms with Gasteiger partial charge in [-0.2, -0.15) is 0 Å². The number of carbonyl (C=O) groups excluding carboxylic acids is 2. The summed E-state index contributed by atoms with van der Waals surface area (Å²) in [5.74, 6) is -3.67. The first-order valence-electron chi connectivity index (χ1n) is 10.9. The molecular weight excluding hydrogens is 456 g/mol. The third kappa shape index (κ3) is 5.22. The highest BCUT2D eigenvalue weighted by molar-refractivity contribution is 6.16. The number of aliphatic hydroxyl groups excluding tert-OH is 1. The molecule has 180 valence electrons. The molecule has 2 N–H and O–H groups in total. The molecule has 0 bridgehead atoms. The monoisotopic (exact) mass is 479 g/mol. The van der Waals surface area contributed by atoms with Crippen LogP contribution in [0.4, 0.5) is 14.5 Å². The molecular formula is C25H23F2N5O3. The van der Waals surface area contributed by atoms with Gasteiger partial charge in [-0.1, -0.05) is 24.3 Å². The Bertz CT molecular complexity index is 1380. The van der Waals surface area contributed by atoms with Crippen LogP contribution < -0.4 is 5.32 Å². The quantitative estimate of drug-likeness (QED) is 0.371. The van der Waals surface area contributed by atoms with E-state index in [2.05, 4.69) is 20.3 Å². The van der Waals surface area contributed by atoms with Crippen LogP contribution in [-0.4, -0.2) is 42.9 Å². The normalized spacial score (nSPS) is 12.5. The predicted octanol–water partition coefficient (Wildman–Crippen LogP) is 3.90. The summed E-state index contributed by atoms with van der Waals surface area (Å²) in [6.45, 7) is 2.48. The second-order valence-corrected chi connectivity index (χ2v) is 8.34. The molecule has 4 aromatic rings. The number of ketones is 1. The van der Waals surface area contributed by atoms with Gasteiger partial charge in [0.05, 0.1) is 36.5 Å². The van der Waals surface area contributed by atoms with Gasteiger partial charge in [-0.15, -0.1) is 0 Å². The number of carbonyl (C=O) groups is 2. The standard InChI is InChI=1S/C25H23F2N5O3/c1-15(13-33)32-12-21(20-11-29-14-30-24(20)32)23(35)17-8-19(10-28-9-17)31-22(34)7-16-3-5-18(6-4-16)25(2,26)27/h3-6,8-12,14-15,33H,7,13H2,1-2H3,(H,31,34)/t15-/m1/s1. The van der Waals surface area contributed by atoms with E-state index in [0.29, 0.717) is 27.8 Å². The largest absolute Gasteiger partial charge is 0.394 e. The molecule has 0 fully saturated rings. The number of hydrogen-bond donors (Lipinski definition) is 2. The number of rotatable bonds is 8. The van der Waals surface area contributed by atoms with E-state index in [1.165, 1.54) is 55.2 Å². The number of hydrogen-bond acceptors (Lipinski definition) is 6. The Hall–Kier alpha value is -4.05. The van der Waals surface area contributed by atoms with Crippen molar-refractivity contribution in [2.75, 3.05) is 11.9 Å². The van der Waals surface area contributed by atoms with Crippen molar-refractivity contribution in [3.63, 3.8) is 0 Å². The SMILES string of the molecule is C[C@H](CO)n1cc(C(=O)c2cncc(NC(=O)Cc3ccc(C(C)(F)F)cc3)c2)c2cncnc21. The molecule has 1 aromatic carbocycles. The van der Waals surface area contributed by atoms with Crippen LogP contribution in [0, 0.1) is 0 Å². The third-order valence-corrected chi connectivity index (χ3v) is 5.59. The van der Waals surface area contributed by atoms with Gasteiger partial charge in [0.2, 0.25) is 5.91 Å². The minimum Gasteiger partial charge on any atom is -0.394 e. The minimum atomic E-state index is -2.95. The number of anilines is 1. The van der Waals surface area contributed by atoms with E-state index in [0.717, 1.165) is 6.92 Å². The number of alkyl halides is 2. The van der Waals surface area contributed by atoms with Gasteiger partial charge in [-0.3, -0.25) is 14.6 Å². The van der Waals surface area contributed by atoms with Crippen LogP contribution in [0.1, 0.15) is 46.9 Å². The fourth-order valence-electron chi connectivity index (χ4n) is 3.69. The summed E-state index contributed by atoms with van der Waals surface area (Å²) < 4.78 is 28.5. The predicted molar refractivity (Wildman–Crippen MR) is 125 cm³/mol. The average molecular weight is 479 g/mol. The zero-order valence-electron chi connectivity index (χ0n) is 19.1. The number of nitrogens with one attached hydrogen (secondary N) is 1. The van der Waals surface area contributed by atoms with Crippen LogP contribution >= 0.6 is 0 Å². The number of benzene rings is 1. The molecule has 0 radical (unpaired) electrons. The van der Waals surface area contributed by atoms with Crippen molar-refractivity contribution in [2.45, 2.75) is 32.2 Å². The van der Waals surface area contributed by atoms with Gasteiger partial charge in [-0.05, 0) is 18.6 Å². The maximum Gasteiger partial charge on any atom is 0.270 e. The number of halogens is 2. The molecule has 0 saturated carbocycles. The molecule has 1 amide bonds. The van der Waals surface area contributed by atoms with Crippen molar-refractivity contribution in [3.05, 3.63) is 83.7 Å². The fourth-order valence-corrected chi connectivity index (χ4v) is 3.69. The van der Waals surface area contributed by atoms with Crippen LogP contribution in [0.5, 0.6) is 0 Å². The van der Waals surface area contributed by atoms with Crippen molar-refractivity contribution in [1.29, 1.82) is 0 Å². The molecule has 1 atom stereocenters. The van der Waals surface area contributed by atoms with E-state index in [9.17, 15) is 23.5 Å². The van der Waals surface area contributed by atoms with Crippen molar-refractivity contribution in [1.82, 2.24) is 19.5 Å². The van der Waals surface area contributed by atoms with Crippen LogP contribution in [-0.2, 0) is 17.1 Å². The van der Waals surface area contributed by atoms with Crippen molar-refractivity contribution in [2.24, 2.45) is 0 Å². The minimum absolute atomic E-state index is 0.0301. The van der Waals surface area contributed by atoms with Gasteiger partial charge in [0, 0.05) is 42.0 Å². The molecule has 0 aliphatic carbocycles. The lowest BCUT2D eigenvalue weighted by Crippen LogP contribution is -2.15. The van der Waals surface area contributed by atoms with E-state index < -0.39 is 5.92 Å². The van der Waals surface area contributed by atoms with Crippen molar-refractivity contribution >= 4 is 28.4 Å². The average Bonchev–Trinajstić information content (AvgIpc) is 3.22. The third-order valence-electron chi connectivity index (χ3n) is 5.59. The Balaban J connectivity index is 1.52. The Morgan fingerprint density at radius 3 is 2.57 bits per heavy atom. The van der Waals surface area contributed by atoms with Crippen molar-refractivity contribution in [3.8, 4) is 0 Å². The number of pyridine rings is 1. The molecule has 35 heavy (non-hydrogen) atoms. The number of aliphatic hydroxyl groups is 1. The number of fused-ring (bicyclic) bond motifs is 1. The molecule has 8 nitrogen and oxygen atoms in total. The molecule has 3 heterocycles. The lowest BCUT2D eigenvalue weighted by molar-refractivity contribution is -0.115. The molecule has 10 heteroatoms. The second-order valence-electron chi connectivity index (χ2n) is 8.34. The highest BCUT2D eigenvalue weighted by Gasteiger charge is 2.24. The van der Waals surface area contributed by atoms with Gasteiger partial charge in [0.1, 0.15) is 12.0 Å². The van der Waals surface area contributed by atoms with Gasteiger partial charge in [0.25, 0.3) is 5.92 Å². The van der Waals surface area contributed by atoms with E-state index in [1.54, 1.807) is 17.7 Å². The molecule has 3 aromatic heterocycles. The number of nitrogens with zero attached hydrogens (tertiary/aromatic N) is 4. The first-order chi connectivity index (χ1) is 16.7. The van der Waals surface area contributed by atoms with Gasteiger partial charge in [0.15, 0.2) is 5.78 Å².